The lowest BCUT2D eigenvalue weighted by atomic mass is 9.89. The Morgan fingerprint density at radius 1 is 1.03 bits per heavy atom. The highest BCUT2D eigenvalue weighted by molar-refractivity contribution is 6.24. The molecule has 1 aliphatic rings. The molecule has 0 spiro atoms. The molecule has 180 valence electrons. The third-order valence-electron chi connectivity index (χ3n) is 5.98. The number of fused-ring (bicyclic) bond motifs is 1. The van der Waals surface area contributed by atoms with Gasteiger partial charge in [0, 0.05) is 18.7 Å². The van der Waals surface area contributed by atoms with Gasteiger partial charge in [-0.1, -0.05) is 36.4 Å². The number of amides is 1. The van der Waals surface area contributed by atoms with Gasteiger partial charge in [-0.05, 0) is 79.5 Å². The predicted octanol–water partition coefficient (Wildman–Crippen LogP) is 4.80. The molecule has 35 heavy (non-hydrogen) atoms. The minimum atomic E-state index is -0.870. The van der Waals surface area contributed by atoms with Gasteiger partial charge in [0.2, 0.25) is 5.91 Å². The average Bonchev–Trinajstić information content (AvgIpc) is 3.14. The number of aliphatic imine (C=N–C) groups is 1. The van der Waals surface area contributed by atoms with Crippen molar-refractivity contribution in [2.75, 3.05) is 26.0 Å². The summed E-state index contributed by atoms with van der Waals surface area (Å²) in [5.74, 6) is -2.28. The molecule has 1 unspecified atom stereocenters. The summed E-state index contributed by atoms with van der Waals surface area (Å²) >= 11 is 0. The molecule has 3 aromatic rings. The topological polar surface area (TPSA) is 82.0 Å². The van der Waals surface area contributed by atoms with Crippen molar-refractivity contribution in [1.82, 2.24) is 4.90 Å². The van der Waals surface area contributed by atoms with Crippen molar-refractivity contribution in [2.45, 2.75) is 25.2 Å². The first-order valence-electron chi connectivity index (χ1n) is 11.5. The summed E-state index contributed by atoms with van der Waals surface area (Å²) < 4.78 is 13.8. The molecule has 4 rings (SSSR count). The summed E-state index contributed by atoms with van der Waals surface area (Å²) in [6.45, 7) is 0.898. The van der Waals surface area contributed by atoms with E-state index in [1.54, 1.807) is 6.07 Å². The van der Waals surface area contributed by atoms with Crippen molar-refractivity contribution in [1.29, 1.82) is 0 Å². The monoisotopic (exact) mass is 473 g/mol. The van der Waals surface area contributed by atoms with E-state index in [1.807, 2.05) is 56.6 Å². The van der Waals surface area contributed by atoms with E-state index < -0.39 is 17.7 Å². The van der Waals surface area contributed by atoms with Crippen LogP contribution in [0.25, 0.3) is 0 Å². The van der Waals surface area contributed by atoms with Crippen LogP contribution in [0.15, 0.2) is 71.7 Å². The van der Waals surface area contributed by atoms with Crippen molar-refractivity contribution in [2.24, 2.45) is 4.99 Å². The van der Waals surface area contributed by atoms with Crippen molar-refractivity contribution in [3.05, 3.63) is 94.8 Å². The smallest absolute Gasteiger partial charge is 0.303 e. The highest BCUT2D eigenvalue weighted by Crippen LogP contribution is 2.37. The average molecular weight is 474 g/mol. The van der Waals surface area contributed by atoms with Crippen LogP contribution in [0, 0.1) is 5.82 Å². The maximum absolute atomic E-state index is 13.8. The number of carboxylic acids is 1. The number of rotatable bonds is 9. The molecule has 0 bridgehead atoms. The molecule has 1 amide bonds. The predicted molar refractivity (Wildman–Crippen MR) is 135 cm³/mol. The maximum atomic E-state index is 13.8. The Labute approximate surface area is 204 Å². The number of benzene rings is 3. The van der Waals surface area contributed by atoms with Gasteiger partial charge in [0.1, 0.15) is 11.7 Å². The van der Waals surface area contributed by atoms with Crippen LogP contribution in [0.4, 0.5) is 15.8 Å². The Morgan fingerprint density at radius 2 is 1.77 bits per heavy atom. The number of carbonyl (C=O) groups is 2. The van der Waals surface area contributed by atoms with Crippen molar-refractivity contribution in [3.63, 3.8) is 0 Å². The van der Waals surface area contributed by atoms with Crippen LogP contribution < -0.4 is 5.32 Å². The van der Waals surface area contributed by atoms with Crippen LogP contribution in [0.5, 0.6) is 0 Å². The number of hydrogen-bond acceptors (Lipinski definition) is 4. The van der Waals surface area contributed by atoms with E-state index in [-0.39, 0.29) is 12.3 Å². The SMILES string of the molecule is CN(C)CCc1cccc(N=C(c2cccc(CCC(=O)O)c2)C2C(=O)Nc3cc(F)ccc32)c1. The molecular weight excluding hydrogens is 445 g/mol. The molecule has 0 fully saturated rings. The van der Waals surface area contributed by atoms with Gasteiger partial charge in [-0.15, -0.1) is 0 Å². The molecule has 1 atom stereocenters. The fourth-order valence-corrected chi connectivity index (χ4v) is 4.21. The molecule has 0 saturated heterocycles. The Hall–Kier alpha value is -3.84. The van der Waals surface area contributed by atoms with E-state index in [0.29, 0.717) is 23.4 Å². The summed E-state index contributed by atoms with van der Waals surface area (Å²) in [5.41, 5.74) is 5.06. The van der Waals surface area contributed by atoms with Gasteiger partial charge in [0.15, 0.2) is 0 Å². The van der Waals surface area contributed by atoms with Crippen molar-refractivity contribution >= 4 is 29.0 Å². The van der Waals surface area contributed by atoms with Crippen LogP contribution in [-0.4, -0.2) is 48.2 Å². The highest BCUT2D eigenvalue weighted by atomic mass is 19.1. The lowest BCUT2D eigenvalue weighted by molar-refractivity contribution is -0.137. The number of nitrogens with zero attached hydrogens (tertiary/aromatic N) is 2. The van der Waals surface area contributed by atoms with Gasteiger partial charge in [-0.2, -0.15) is 0 Å². The number of carboxylic acid groups (broad SMARTS) is 1. The summed E-state index contributed by atoms with van der Waals surface area (Å²) in [6, 6.07) is 19.6. The number of nitrogens with one attached hydrogen (secondary N) is 1. The van der Waals surface area contributed by atoms with Gasteiger partial charge >= 0.3 is 5.97 Å². The van der Waals surface area contributed by atoms with E-state index in [4.69, 9.17) is 10.1 Å². The molecule has 0 aromatic heterocycles. The second kappa shape index (κ2) is 10.6. The van der Waals surface area contributed by atoms with E-state index >= 15 is 0 Å². The normalized spacial score (nSPS) is 15.3. The molecule has 0 saturated carbocycles. The van der Waals surface area contributed by atoms with Crippen LogP contribution in [-0.2, 0) is 22.4 Å². The summed E-state index contributed by atoms with van der Waals surface area (Å²) in [5, 5.41) is 11.9. The number of aliphatic carboxylic acids is 1. The Kier molecular flexibility index (Phi) is 7.36. The first-order chi connectivity index (χ1) is 16.8. The van der Waals surface area contributed by atoms with Gasteiger partial charge in [-0.3, -0.25) is 14.6 Å². The van der Waals surface area contributed by atoms with Gasteiger partial charge in [0.25, 0.3) is 0 Å². The van der Waals surface area contributed by atoms with Crippen LogP contribution in [0.3, 0.4) is 0 Å². The second-order valence-electron chi connectivity index (χ2n) is 8.97. The molecule has 3 aromatic carbocycles. The van der Waals surface area contributed by atoms with Crippen LogP contribution >= 0.6 is 0 Å². The number of aryl methyl sites for hydroxylation is 1. The van der Waals surface area contributed by atoms with E-state index in [9.17, 15) is 14.0 Å². The first kappa shape index (κ1) is 24.3. The number of halogens is 1. The fourth-order valence-electron chi connectivity index (χ4n) is 4.21. The number of hydrogen-bond donors (Lipinski definition) is 2. The van der Waals surface area contributed by atoms with Gasteiger partial charge < -0.3 is 15.3 Å². The molecular formula is C28H28FN3O3. The largest absolute Gasteiger partial charge is 0.481 e. The third kappa shape index (κ3) is 6.00. The third-order valence-corrected chi connectivity index (χ3v) is 5.98. The zero-order valence-electron chi connectivity index (χ0n) is 19.8. The number of likely N-dealkylation sites (N-methyl/N-ethyl adjacent to an activating group) is 1. The summed E-state index contributed by atoms with van der Waals surface area (Å²) in [7, 11) is 4.05. The Balaban J connectivity index is 1.79. The maximum Gasteiger partial charge on any atom is 0.303 e. The molecule has 6 nitrogen and oxygen atoms in total. The van der Waals surface area contributed by atoms with Crippen molar-refractivity contribution in [3.8, 4) is 0 Å². The standard InChI is InChI=1S/C28H28FN3O3/c1-32(2)14-13-19-6-4-8-22(16-19)30-27(20-7-3-5-18(15-20)9-12-25(33)34)26-23-11-10-21(29)17-24(23)31-28(26)35/h3-8,10-11,15-17,26H,9,12-14H2,1-2H3,(H,31,35)(H,33,34). The van der Waals surface area contributed by atoms with Crippen LogP contribution in [0.2, 0.25) is 0 Å². The van der Waals surface area contributed by atoms with E-state index in [2.05, 4.69) is 16.3 Å². The van der Waals surface area contributed by atoms with E-state index in [0.717, 1.165) is 35.3 Å². The minimum absolute atomic E-state index is 0.00980. The molecule has 1 heterocycles. The van der Waals surface area contributed by atoms with Crippen molar-refractivity contribution < 1.29 is 19.1 Å². The zero-order valence-corrected chi connectivity index (χ0v) is 19.8. The zero-order chi connectivity index (χ0) is 24.9. The number of anilines is 1. The molecule has 2 N–H and O–H groups in total. The minimum Gasteiger partial charge on any atom is -0.481 e. The molecule has 7 heteroatoms. The lowest BCUT2D eigenvalue weighted by Crippen LogP contribution is -2.22. The Morgan fingerprint density at radius 3 is 2.51 bits per heavy atom. The quantitative estimate of drug-likeness (QED) is 0.437. The molecule has 0 radical (unpaired) electrons. The van der Waals surface area contributed by atoms with E-state index in [1.165, 1.54) is 12.1 Å². The van der Waals surface area contributed by atoms with Gasteiger partial charge in [-0.25, -0.2) is 4.39 Å². The van der Waals surface area contributed by atoms with Gasteiger partial charge in [0.05, 0.1) is 11.4 Å². The fraction of sp³-hybridized carbons (Fsp3) is 0.250. The summed E-state index contributed by atoms with van der Waals surface area (Å²) in [6.07, 6.45) is 1.24. The second-order valence-corrected chi connectivity index (χ2v) is 8.97. The number of carbonyl (C=O) groups excluding carboxylic acids is 1. The first-order valence-corrected chi connectivity index (χ1v) is 11.5. The Bertz CT molecular complexity index is 1290. The molecule has 1 aliphatic heterocycles. The van der Waals surface area contributed by atoms with Crippen LogP contribution in [0.1, 0.15) is 34.6 Å². The summed E-state index contributed by atoms with van der Waals surface area (Å²) in [4.78, 5) is 31.2. The highest BCUT2D eigenvalue weighted by Gasteiger charge is 2.35. The molecule has 0 aliphatic carbocycles. The lowest BCUT2D eigenvalue weighted by Gasteiger charge is -2.15.